The van der Waals surface area contributed by atoms with Crippen LogP contribution in [0.2, 0.25) is 0 Å². The predicted octanol–water partition coefficient (Wildman–Crippen LogP) is 13.8. The molecule has 7 aromatic carbocycles. The number of furan rings is 1. The Kier molecular flexibility index (Phi) is 7.34. The van der Waals surface area contributed by atoms with Gasteiger partial charge in [-0.1, -0.05) is 73.7 Å². The maximum absolute atomic E-state index is 6.67. The van der Waals surface area contributed by atoms with Gasteiger partial charge in [-0.25, -0.2) is 0 Å². The third-order valence-electron chi connectivity index (χ3n) is 13.0. The number of benzene rings is 7. The summed E-state index contributed by atoms with van der Waals surface area (Å²) < 4.78 is 16.6. The summed E-state index contributed by atoms with van der Waals surface area (Å²) in [6, 6.07) is 64.5. The molecule has 0 saturated carbocycles. The van der Waals surface area contributed by atoms with E-state index in [4.69, 9.17) is 4.42 Å². The van der Waals surface area contributed by atoms with Crippen molar-refractivity contribution in [3.05, 3.63) is 199 Å². The minimum atomic E-state index is -0.994. The van der Waals surface area contributed by atoms with Crippen LogP contribution >= 0.6 is 7.66 Å². The van der Waals surface area contributed by atoms with Crippen LogP contribution < -0.4 is 8.33 Å². The molecule has 0 amide bonds. The Morgan fingerprint density at radius 1 is 0.492 bits per heavy atom. The van der Waals surface area contributed by atoms with Crippen molar-refractivity contribution in [1.82, 2.24) is 9.13 Å². The van der Waals surface area contributed by atoms with Crippen molar-refractivity contribution in [3.63, 3.8) is 0 Å². The van der Waals surface area contributed by atoms with Gasteiger partial charge in [0.25, 0.3) is 0 Å². The van der Waals surface area contributed by atoms with Gasteiger partial charge in [-0.2, -0.15) is 0 Å². The van der Waals surface area contributed by atoms with Gasteiger partial charge in [0.15, 0.2) is 17.5 Å². The predicted molar refractivity (Wildman–Crippen MR) is 253 cm³/mol. The fraction of sp³-hybridized carbons (Fsp3) is 0.0545. The normalized spacial score (nSPS) is 12.5. The summed E-state index contributed by atoms with van der Waals surface area (Å²) in [6.45, 7) is 4.59. The number of aryl methyl sites for hydroxylation is 1. The highest BCUT2D eigenvalue weighted by Crippen LogP contribution is 2.42. The lowest BCUT2D eigenvalue weighted by molar-refractivity contribution is -0.510. The lowest BCUT2D eigenvalue weighted by Crippen LogP contribution is -2.26. The zero-order valence-electron chi connectivity index (χ0n) is 33.7. The molecule has 6 heteroatoms. The molecule has 6 heterocycles. The topological polar surface area (TPSA) is 31.2 Å². The molecule has 0 radical (unpaired) electrons. The van der Waals surface area contributed by atoms with Crippen molar-refractivity contribution in [2.75, 3.05) is 0 Å². The number of aromatic nitrogens is 4. The van der Waals surface area contributed by atoms with E-state index in [1.54, 1.807) is 0 Å². The van der Waals surface area contributed by atoms with E-state index in [-0.39, 0.29) is 0 Å². The van der Waals surface area contributed by atoms with Gasteiger partial charge in [-0.15, -0.1) is 8.33 Å². The lowest BCUT2D eigenvalue weighted by atomic mass is 9.96. The maximum atomic E-state index is 6.67. The molecule has 288 valence electrons. The fourth-order valence-electron chi connectivity index (χ4n) is 10.3. The molecule has 0 aliphatic carbocycles. The Hall–Kier alpha value is -7.46. The van der Waals surface area contributed by atoms with Crippen molar-refractivity contribution in [2.24, 2.45) is 0 Å². The summed E-state index contributed by atoms with van der Waals surface area (Å²) in [6.07, 6.45) is 5.45. The third kappa shape index (κ3) is 4.84. The van der Waals surface area contributed by atoms with E-state index >= 15 is 0 Å². The molecule has 5 nitrogen and oxygen atoms in total. The average molecular weight is 803 g/mol. The summed E-state index contributed by atoms with van der Waals surface area (Å²) in [7, 11) is -0.994. The molecule has 13 rings (SSSR count). The van der Waals surface area contributed by atoms with Crippen LogP contribution in [0.15, 0.2) is 193 Å². The van der Waals surface area contributed by atoms with Gasteiger partial charge in [0.05, 0.1) is 32.8 Å². The number of hydrogen-bond acceptors (Lipinski definition) is 1. The Morgan fingerprint density at radius 3 is 1.98 bits per heavy atom. The van der Waals surface area contributed by atoms with Crippen molar-refractivity contribution in [3.8, 4) is 22.5 Å². The van der Waals surface area contributed by atoms with Gasteiger partial charge in [0.1, 0.15) is 11.2 Å². The lowest BCUT2D eigenvalue weighted by Gasteiger charge is -2.18. The first-order chi connectivity index (χ1) is 30.2. The van der Waals surface area contributed by atoms with Crippen LogP contribution in [0, 0.1) is 6.92 Å². The largest absolute Gasteiger partial charge is 0.456 e. The quantitative estimate of drug-likeness (QED) is 0.174. The SMILES string of the molecule is CCc1c2cccc1n(-c1cccc(-c3ccc4oc5cc6c(cc5c4c3)c3ccccc3n6-c3ccccc3)c1C)c1cccc3c4cccc[n+]4p(c31)[n+]1ccccc21. The summed E-state index contributed by atoms with van der Waals surface area (Å²) >= 11 is 0. The summed E-state index contributed by atoms with van der Waals surface area (Å²) in [5.41, 5.74) is 16.3. The first kappa shape index (κ1) is 34.4. The molecule has 2 bridgehead atoms. The van der Waals surface area contributed by atoms with Crippen molar-refractivity contribution >= 4 is 89.4 Å². The van der Waals surface area contributed by atoms with Crippen LogP contribution in [0.5, 0.6) is 0 Å². The molecule has 0 spiro atoms. The standard InChI is InChI=1S/C55H39N4OP/c1-3-38-40-20-14-26-49(38)59(51-27-15-21-42-48-23-10-12-31-57(48)61(55(42)51)56-30-11-9-22-47(40)56)46-25-13-19-39(35(46)2)36-28-29-53-44(32-36)45-33-43-41-18-7-8-24-50(41)58(37-16-5-4-6-17-37)52(43)34-54(45)60-53/h4-34H,3H2,1-2H3/q+2. The Balaban J connectivity index is 1.09. The van der Waals surface area contributed by atoms with Gasteiger partial charge < -0.3 is 13.6 Å². The maximum Gasteiger partial charge on any atom is 0.450 e. The average Bonchev–Trinajstić information content (AvgIpc) is 3.96. The fourth-order valence-corrected chi connectivity index (χ4v) is 12.9. The van der Waals surface area contributed by atoms with E-state index in [1.807, 2.05) is 0 Å². The van der Waals surface area contributed by atoms with Crippen molar-refractivity contribution < 1.29 is 12.7 Å². The van der Waals surface area contributed by atoms with Crippen LogP contribution in [0.25, 0.3) is 104 Å². The molecule has 6 aromatic heterocycles. The Morgan fingerprint density at radius 2 is 1.16 bits per heavy atom. The van der Waals surface area contributed by atoms with E-state index in [0.29, 0.717) is 0 Å². The van der Waals surface area contributed by atoms with E-state index < -0.39 is 7.66 Å². The molecule has 0 aliphatic heterocycles. The van der Waals surface area contributed by atoms with Crippen molar-refractivity contribution in [1.29, 1.82) is 0 Å². The molecule has 0 aliphatic rings. The number of para-hydroxylation sites is 2. The summed E-state index contributed by atoms with van der Waals surface area (Å²) in [5, 5.41) is 8.63. The Bertz CT molecular complexity index is 4000. The Labute approximate surface area is 352 Å². The highest BCUT2D eigenvalue weighted by atomic mass is 31.1. The molecule has 13 aromatic rings. The number of fused-ring (bicyclic) bond motifs is 14. The second-order valence-corrected chi connectivity index (χ2v) is 18.0. The summed E-state index contributed by atoms with van der Waals surface area (Å²) in [5.74, 6) is 0. The van der Waals surface area contributed by atoms with Crippen LogP contribution in [-0.4, -0.2) is 9.13 Å². The molecular formula is C55H39N4OP+2. The molecule has 0 fully saturated rings. The van der Waals surface area contributed by atoms with Crippen LogP contribution in [0.1, 0.15) is 18.1 Å². The minimum Gasteiger partial charge on any atom is -0.456 e. The van der Waals surface area contributed by atoms with Gasteiger partial charge in [0.2, 0.25) is 11.0 Å². The smallest absolute Gasteiger partial charge is 0.450 e. The number of hydrogen-bond donors (Lipinski definition) is 0. The van der Waals surface area contributed by atoms with Crippen LogP contribution in [0.3, 0.4) is 0 Å². The van der Waals surface area contributed by atoms with E-state index in [1.165, 1.54) is 82.2 Å². The summed E-state index contributed by atoms with van der Waals surface area (Å²) in [4.78, 5) is 0. The van der Waals surface area contributed by atoms with E-state index in [2.05, 4.69) is 220 Å². The van der Waals surface area contributed by atoms with E-state index in [9.17, 15) is 0 Å². The molecule has 0 saturated heterocycles. The molecule has 61 heavy (non-hydrogen) atoms. The van der Waals surface area contributed by atoms with Crippen molar-refractivity contribution in [2.45, 2.75) is 20.3 Å². The zero-order valence-corrected chi connectivity index (χ0v) is 34.6. The highest BCUT2D eigenvalue weighted by Gasteiger charge is 2.29. The minimum absolute atomic E-state index is 0.890. The first-order valence-corrected chi connectivity index (χ1v) is 22.3. The van der Waals surface area contributed by atoms with Crippen LogP contribution in [-0.2, 0) is 6.42 Å². The third-order valence-corrected chi connectivity index (χ3v) is 15.4. The highest BCUT2D eigenvalue weighted by molar-refractivity contribution is 7.38. The van der Waals surface area contributed by atoms with Crippen LogP contribution in [0.4, 0.5) is 0 Å². The monoisotopic (exact) mass is 802 g/mol. The second-order valence-electron chi connectivity index (χ2n) is 16.1. The number of rotatable bonds is 4. The van der Waals surface area contributed by atoms with Gasteiger partial charge in [-0.05, 0) is 114 Å². The first-order valence-electron chi connectivity index (χ1n) is 21.1. The van der Waals surface area contributed by atoms with Gasteiger partial charge in [-0.3, -0.25) is 0 Å². The van der Waals surface area contributed by atoms with E-state index in [0.717, 1.165) is 39.6 Å². The van der Waals surface area contributed by atoms with Gasteiger partial charge >= 0.3 is 7.66 Å². The number of pyridine rings is 2. The zero-order chi connectivity index (χ0) is 40.3. The molecular weight excluding hydrogens is 764 g/mol. The molecule has 1 atom stereocenters. The molecule has 1 unspecified atom stereocenters. The number of nitrogens with zero attached hydrogens (tertiary/aromatic N) is 4. The van der Waals surface area contributed by atoms with Gasteiger partial charge in [0, 0.05) is 63.3 Å². The molecule has 0 N–H and O–H groups in total. The second kappa shape index (κ2) is 13.0.